The molecule has 3 aromatic rings. The minimum atomic E-state index is 0. The first-order valence-corrected chi connectivity index (χ1v) is 8.49. The third kappa shape index (κ3) is 5.91. The summed E-state index contributed by atoms with van der Waals surface area (Å²) in [7, 11) is 0. The minimum Gasteiger partial charge on any atom is -0.467 e. The fourth-order valence-corrected chi connectivity index (χ4v) is 2.44. The van der Waals surface area contributed by atoms with Crippen LogP contribution in [0.1, 0.15) is 12.7 Å². The Bertz CT molecular complexity index is 820. The van der Waals surface area contributed by atoms with E-state index in [9.17, 15) is 0 Å². The van der Waals surface area contributed by atoms with Crippen LogP contribution in [0.3, 0.4) is 0 Å². The molecule has 0 atom stereocenters. The minimum absolute atomic E-state index is 0. The van der Waals surface area contributed by atoms with E-state index in [2.05, 4.69) is 38.1 Å². The number of hydrogen-bond donors (Lipinski definition) is 3. The van der Waals surface area contributed by atoms with Crippen LogP contribution in [-0.4, -0.2) is 30.6 Å². The second-order valence-corrected chi connectivity index (χ2v) is 5.52. The van der Waals surface area contributed by atoms with Crippen LogP contribution >= 0.6 is 24.0 Å². The van der Waals surface area contributed by atoms with E-state index in [0.29, 0.717) is 6.54 Å². The number of nitrogens with zero attached hydrogens (tertiary/aromatic N) is 2. The number of rotatable bonds is 7. The van der Waals surface area contributed by atoms with E-state index < -0.39 is 0 Å². The Hall–Kier alpha value is -2.29. The number of halogens is 1. The van der Waals surface area contributed by atoms with E-state index in [4.69, 9.17) is 4.42 Å². The molecule has 0 unspecified atom stereocenters. The molecule has 7 heteroatoms. The van der Waals surface area contributed by atoms with E-state index in [-0.39, 0.29) is 24.0 Å². The van der Waals surface area contributed by atoms with Gasteiger partial charge in [0.05, 0.1) is 11.8 Å². The normalized spacial score (nSPS) is 11.0. The predicted molar refractivity (Wildman–Crippen MR) is 117 cm³/mol. The fraction of sp³-hybridized carbons (Fsp3) is 0.263. The first kappa shape index (κ1) is 20.0. The number of fused-ring (bicyclic) bond motifs is 1. The van der Waals surface area contributed by atoms with Crippen LogP contribution in [0, 0.1) is 0 Å². The number of aromatic nitrogens is 1. The van der Waals surface area contributed by atoms with Crippen LogP contribution in [0.4, 0.5) is 5.82 Å². The molecule has 2 aromatic heterocycles. The number of anilines is 1. The van der Waals surface area contributed by atoms with Crippen molar-refractivity contribution in [3.05, 3.63) is 60.6 Å². The first-order valence-electron chi connectivity index (χ1n) is 8.49. The highest BCUT2D eigenvalue weighted by molar-refractivity contribution is 14.0. The summed E-state index contributed by atoms with van der Waals surface area (Å²) in [5.41, 5.74) is 0.994. The molecule has 0 amide bonds. The summed E-state index contributed by atoms with van der Waals surface area (Å²) >= 11 is 0. The van der Waals surface area contributed by atoms with Gasteiger partial charge in [0.25, 0.3) is 0 Å². The van der Waals surface area contributed by atoms with Gasteiger partial charge in [-0.1, -0.05) is 18.2 Å². The first-order chi connectivity index (χ1) is 12.3. The largest absolute Gasteiger partial charge is 0.467 e. The molecule has 6 nitrogen and oxygen atoms in total. The molecule has 0 aliphatic rings. The summed E-state index contributed by atoms with van der Waals surface area (Å²) in [6, 6.07) is 16.0. The van der Waals surface area contributed by atoms with Crippen LogP contribution in [0.2, 0.25) is 0 Å². The maximum absolute atomic E-state index is 5.30. The van der Waals surface area contributed by atoms with Crippen molar-refractivity contribution in [3.8, 4) is 0 Å². The summed E-state index contributed by atoms with van der Waals surface area (Å²) in [6.07, 6.45) is 1.66. The second kappa shape index (κ2) is 10.6. The zero-order valence-electron chi connectivity index (χ0n) is 14.7. The molecule has 2 heterocycles. The monoisotopic (exact) mass is 465 g/mol. The molecule has 0 aliphatic heterocycles. The molecule has 138 valence electrons. The van der Waals surface area contributed by atoms with E-state index in [1.54, 1.807) is 6.26 Å². The average molecular weight is 465 g/mol. The third-order valence-corrected chi connectivity index (χ3v) is 3.64. The number of nitrogens with one attached hydrogen (secondary N) is 3. The highest BCUT2D eigenvalue weighted by atomic mass is 127. The lowest BCUT2D eigenvalue weighted by Gasteiger charge is -2.12. The van der Waals surface area contributed by atoms with Gasteiger partial charge >= 0.3 is 0 Å². The van der Waals surface area contributed by atoms with Gasteiger partial charge < -0.3 is 20.4 Å². The van der Waals surface area contributed by atoms with Crippen molar-refractivity contribution < 1.29 is 4.42 Å². The molecule has 0 fully saturated rings. The van der Waals surface area contributed by atoms with Gasteiger partial charge in [0.15, 0.2) is 5.96 Å². The molecule has 26 heavy (non-hydrogen) atoms. The molecule has 0 spiro atoms. The van der Waals surface area contributed by atoms with Crippen molar-refractivity contribution in [2.75, 3.05) is 25.0 Å². The van der Waals surface area contributed by atoms with Crippen molar-refractivity contribution in [1.82, 2.24) is 15.6 Å². The molecular weight excluding hydrogens is 441 g/mol. The van der Waals surface area contributed by atoms with Crippen LogP contribution in [-0.2, 0) is 6.54 Å². The van der Waals surface area contributed by atoms with Gasteiger partial charge in [-0.15, -0.1) is 24.0 Å². The average Bonchev–Trinajstić information content (AvgIpc) is 3.16. The number of furan rings is 1. The third-order valence-electron chi connectivity index (χ3n) is 3.64. The van der Waals surface area contributed by atoms with Crippen molar-refractivity contribution in [3.63, 3.8) is 0 Å². The molecular formula is C19H24IN5O. The number of para-hydroxylation sites is 1. The second-order valence-electron chi connectivity index (χ2n) is 5.52. The fourth-order valence-electron chi connectivity index (χ4n) is 2.44. The molecule has 0 aliphatic carbocycles. The standard InChI is InChI=1S/C19H23N5O.HI/c1-2-20-19(23-14-16-7-5-13-25-16)22-12-11-21-18-10-9-15-6-3-4-8-17(15)24-18;/h3-10,13H,2,11-12,14H2,1H3,(H,21,24)(H2,20,22,23);1H. The molecule has 0 bridgehead atoms. The Morgan fingerprint density at radius 2 is 1.92 bits per heavy atom. The van der Waals surface area contributed by atoms with Gasteiger partial charge in [-0.25, -0.2) is 9.98 Å². The Labute approximate surface area is 170 Å². The summed E-state index contributed by atoms with van der Waals surface area (Å²) in [5.74, 6) is 2.49. The van der Waals surface area contributed by atoms with Gasteiger partial charge in [-0.05, 0) is 37.3 Å². The molecule has 0 saturated heterocycles. The van der Waals surface area contributed by atoms with Crippen molar-refractivity contribution in [1.29, 1.82) is 0 Å². The molecule has 3 N–H and O–H groups in total. The summed E-state index contributed by atoms with van der Waals surface area (Å²) in [5, 5.41) is 11.0. The summed E-state index contributed by atoms with van der Waals surface area (Å²) in [4.78, 5) is 9.10. The highest BCUT2D eigenvalue weighted by Crippen LogP contribution is 2.14. The zero-order valence-corrected chi connectivity index (χ0v) is 17.1. The molecule has 0 saturated carbocycles. The van der Waals surface area contributed by atoms with Crippen molar-refractivity contribution >= 4 is 46.7 Å². The predicted octanol–water partition coefficient (Wildman–Crippen LogP) is 3.61. The van der Waals surface area contributed by atoms with Gasteiger partial charge in [0.1, 0.15) is 18.1 Å². The Morgan fingerprint density at radius 1 is 1.04 bits per heavy atom. The summed E-state index contributed by atoms with van der Waals surface area (Å²) < 4.78 is 5.30. The Balaban J connectivity index is 0.00000243. The van der Waals surface area contributed by atoms with Crippen LogP contribution in [0.5, 0.6) is 0 Å². The Kier molecular flexibility index (Phi) is 8.20. The molecule has 1 aromatic carbocycles. The van der Waals surface area contributed by atoms with Gasteiger partial charge in [0, 0.05) is 25.0 Å². The van der Waals surface area contributed by atoms with Crippen LogP contribution < -0.4 is 16.0 Å². The van der Waals surface area contributed by atoms with E-state index in [1.165, 1.54) is 0 Å². The lowest BCUT2D eigenvalue weighted by atomic mass is 10.2. The van der Waals surface area contributed by atoms with Gasteiger partial charge in [-0.2, -0.15) is 0 Å². The topological polar surface area (TPSA) is 74.5 Å². The number of hydrogen-bond acceptors (Lipinski definition) is 4. The van der Waals surface area contributed by atoms with Crippen LogP contribution in [0.25, 0.3) is 10.9 Å². The molecule has 3 rings (SSSR count). The lowest BCUT2D eigenvalue weighted by Crippen LogP contribution is -2.39. The summed E-state index contributed by atoms with van der Waals surface area (Å²) in [6.45, 7) is 4.85. The van der Waals surface area contributed by atoms with E-state index in [0.717, 1.165) is 48.1 Å². The van der Waals surface area contributed by atoms with E-state index >= 15 is 0 Å². The number of aliphatic imine (C=N–C) groups is 1. The zero-order chi connectivity index (χ0) is 17.3. The highest BCUT2D eigenvalue weighted by Gasteiger charge is 2.00. The quantitative estimate of drug-likeness (QED) is 0.215. The Morgan fingerprint density at radius 3 is 2.73 bits per heavy atom. The van der Waals surface area contributed by atoms with Gasteiger partial charge in [-0.3, -0.25) is 0 Å². The van der Waals surface area contributed by atoms with E-state index in [1.807, 2.05) is 43.3 Å². The maximum atomic E-state index is 5.30. The molecule has 0 radical (unpaired) electrons. The SMILES string of the molecule is CCNC(=NCc1ccco1)NCCNc1ccc2ccccc2n1.I. The number of pyridine rings is 1. The smallest absolute Gasteiger partial charge is 0.191 e. The number of benzene rings is 1. The van der Waals surface area contributed by atoms with Gasteiger partial charge in [0.2, 0.25) is 0 Å². The number of guanidine groups is 1. The van der Waals surface area contributed by atoms with Crippen molar-refractivity contribution in [2.45, 2.75) is 13.5 Å². The lowest BCUT2D eigenvalue weighted by molar-refractivity contribution is 0.512. The maximum Gasteiger partial charge on any atom is 0.191 e. The van der Waals surface area contributed by atoms with Crippen molar-refractivity contribution in [2.24, 2.45) is 4.99 Å². The van der Waals surface area contributed by atoms with Crippen LogP contribution in [0.15, 0.2) is 64.2 Å².